The largest absolute Gasteiger partial charge is 0.478 e. The lowest BCUT2D eigenvalue weighted by atomic mass is 10.2. The molecule has 2 rings (SSSR count). The zero-order chi connectivity index (χ0) is 12.6. The number of aromatic carboxylic acids is 1. The van der Waals surface area contributed by atoms with Gasteiger partial charge in [-0.15, -0.1) is 11.6 Å². The molecule has 1 N–H and O–H groups in total. The second-order valence-electron chi connectivity index (χ2n) is 3.78. The second kappa shape index (κ2) is 4.29. The second-order valence-corrected chi connectivity index (χ2v) is 4.40. The smallest absolute Gasteiger partial charge is 0.339 e. The van der Waals surface area contributed by atoms with Crippen molar-refractivity contribution < 1.29 is 14.7 Å². The summed E-state index contributed by atoms with van der Waals surface area (Å²) in [6.45, 7) is 1.92. The summed E-state index contributed by atoms with van der Waals surface area (Å²) in [6.07, 6.45) is 1.46. The monoisotopic (exact) mass is 255 g/mol. The van der Waals surface area contributed by atoms with Gasteiger partial charge in [0.1, 0.15) is 0 Å². The number of carboxylic acid groups (broad SMARTS) is 1. The Morgan fingerprint density at radius 2 is 2.35 bits per heavy atom. The molecule has 1 aromatic heterocycles. The summed E-state index contributed by atoms with van der Waals surface area (Å²) in [7, 11) is 0. The number of rotatable bonds is 2. The number of carbonyl (C=O) groups is 2. The number of halogens is 1. The van der Waals surface area contributed by atoms with Gasteiger partial charge in [0.05, 0.1) is 16.6 Å². The number of carbonyl (C=O) groups excluding carboxylic acids is 1. The molecule has 0 bridgehead atoms. The van der Waals surface area contributed by atoms with Gasteiger partial charge in [-0.25, -0.2) is 14.8 Å². The summed E-state index contributed by atoms with van der Waals surface area (Å²) < 4.78 is 0. The molecule has 0 spiro atoms. The van der Waals surface area contributed by atoms with Gasteiger partial charge in [-0.3, -0.25) is 9.69 Å². The fourth-order valence-electron chi connectivity index (χ4n) is 1.65. The van der Waals surface area contributed by atoms with Crippen LogP contribution < -0.4 is 4.90 Å². The average Bonchev–Trinajstić information content (AvgIpc) is 2.57. The first-order chi connectivity index (χ1) is 7.99. The minimum absolute atomic E-state index is 0.0304. The zero-order valence-electron chi connectivity index (χ0n) is 9.05. The van der Waals surface area contributed by atoms with Crippen LogP contribution in [0.15, 0.2) is 6.20 Å². The van der Waals surface area contributed by atoms with Crippen molar-refractivity contribution in [3.63, 3.8) is 0 Å². The lowest BCUT2D eigenvalue weighted by molar-refractivity contribution is -0.117. The Morgan fingerprint density at radius 3 is 2.82 bits per heavy atom. The molecule has 17 heavy (non-hydrogen) atoms. The number of hydrogen-bond acceptors (Lipinski definition) is 4. The van der Waals surface area contributed by atoms with Gasteiger partial charge in [0, 0.05) is 19.2 Å². The van der Waals surface area contributed by atoms with Crippen molar-refractivity contribution in [2.24, 2.45) is 0 Å². The van der Waals surface area contributed by atoms with E-state index in [1.165, 1.54) is 11.1 Å². The van der Waals surface area contributed by atoms with E-state index in [0.29, 0.717) is 12.2 Å². The van der Waals surface area contributed by atoms with E-state index < -0.39 is 5.97 Å². The number of alkyl halides is 1. The molecule has 90 valence electrons. The summed E-state index contributed by atoms with van der Waals surface area (Å²) in [5.74, 6) is -1.02. The van der Waals surface area contributed by atoms with Gasteiger partial charge < -0.3 is 5.11 Å². The van der Waals surface area contributed by atoms with E-state index in [0.717, 1.165) is 0 Å². The van der Waals surface area contributed by atoms with Crippen molar-refractivity contribution >= 4 is 29.4 Å². The summed E-state index contributed by atoms with van der Waals surface area (Å²) in [5, 5.41) is 8.59. The fraction of sp³-hybridized carbons (Fsp3) is 0.400. The maximum absolute atomic E-state index is 11.6. The first-order valence-electron chi connectivity index (χ1n) is 5.00. The van der Waals surface area contributed by atoms with E-state index in [2.05, 4.69) is 9.97 Å². The van der Waals surface area contributed by atoms with E-state index in [1.807, 2.05) is 0 Å². The maximum Gasteiger partial charge on any atom is 0.339 e. The molecule has 1 aliphatic rings. The number of carboxylic acids is 1. The fourth-order valence-corrected chi connectivity index (χ4v) is 1.92. The van der Waals surface area contributed by atoms with Gasteiger partial charge in [0.15, 0.2) is 0 Å². The van der Waals surface area contributed by atoms with Gasteiger partial charge in [-0.2, -0.15) is 0 Å². The van der Waals surface area contributed by atoms with Crippen molar-refractivity contribution in [3.8, 4) is 0 Å². The average molecular weight is 256 g/mol. The van der Waals surface area contributed by atoms with Crippen molar-refractivity contribution in [3.05, 3.63) is 17.5 Å². The number of aryl methyl sites for hydroxylation is 1. The molecule has 1 fully saturated rings. The highest BCUT2D eigenvalue weighted by molar-refractivity contribution is 6.24. The topological polar surface area (TPSA) is 83.4 Å². The van der Waals surface area contributed by atoms with Crippen LogP contribution in [0.1, 0.15) is 22.5 Å². The van der Waals surface area contributed by atoms with Crippen molar-refractivity contribution in [1.82, 2.24) is 9.97 Å². The molecule has 0 radical (unpaired) electrons. The SMILES string of the molecule is Cc1nc(N2CC(Cl)CC2=O)ncc1C(=O)O. The Morgan fingerprint density at radius 1 is 1.65 bits per heavy atom. The molecule has 6 nitrogen and oxygen atoms in total. The van der Waals surface area contributed by atoms with Crippen molar-refractivity contribution in [1.29, 1.82) is 0 Å². The number of amides is 1. The van der Waals surface area contributed by atoms with Crippen LogP contribution in [-0.2, 0) is 4.79 Å². The number of hydrogen-bond donors (Lipinski definition) is 1. The molecule has 1 unspecified atom stereocenters. The third kappa shape index (κ3) is 2.21. The highest BCUT2D eigenvalue weighted by Crippen LogP contribution is 2.21. The lowest BCUT2D eigenvalue weighted by Crippen LogP contribution is -2.27. The molecule has 7 heteroatoms. The van der Waals surface area contributed by atoms with Crippen LogP contribution in [0.2, 0.25) is 0 Å². The molecular weight excluding hydrogens is 246 g/mol. The molecular formula is C10H10ClN3O3. The molecule has 0 saturated carbocycles. The summed E-state index contributed by atoms with van der Waals surface area (Å²) >= 11 is 5.86. The summed E-state index contributed by atoms with van der Waals surface area (Å²) in [5.41, 5.74) is 0.358. The number of aromatic nitrogens is 2. The van der Waals surface area contributed by atoms with E-state index in [1.54, 1.807) is 6.92 Å². The summed E-state index contributed by atoms with van der Waals surface area (Å²) in [6, 6.07) is 0. The molecule has 1 amide bonds. The van der Waals surface area contributed by atoms with Crippen LogP contribution in [-0.4, -0.2) is 38.9 Å². The zero-order valence-corrected chi connectivity index (χ0v) is 9.81. The quantitative estimate of drug-likeness (QED) is 0.792. The van der Waals surface area contributed by atoms with Crippen LogP contribution in [0.5, 0.6) is 0 Å². The maximum atomic E-state index is 11.6. The van der Waals surface area contributed by atoms with Crippen molar-refractivity contribution in [2.45, 2.75) is 18.7 Å². The van der Waals surface area contributed by atoms with Gasteiger partial charge in [0.2, 0.25) is 11.9 Å². The van der Waals surface area contributed by atoms with Gasteiger partial charge in [-0.1, -0.05) is 0 Å². The van der Waals surface area contributed by atoms with Crippen LogP contribution in [0, 0.1) is 6.92 Å². The normalized spacial score (nSPS) is 19.8. The standard InChI is InChI=1S/C10H10ClN3O3/c1-5-7(9(16)17)3-12-10(13-5)14-4-6(11)2-8(14)15/h3,6H,2,4H2,1H3,(H,16,17). The van der Waals surface area contributed by atoms with Crippen LogP contribution in [0.3, 0.4) is 0 Å². The lowest BCUT2D eigenvalue weighted by Gasteiger charge is -2.14. The van der Waals surface area contributed by atoms with Gasteiger partial charge >= 0.3 is 5.97 Å². The summed E-state index contributed by atoms with van der Waals surface area (Å²) in [4.78, 5) is 31.6. The van der Waals surface area contributed by atoms with E-state index >= 15 is 0 Å². The van der Waals surface area contributed by atoms with Crippen LogP contribution in [0.25, 0.3) is 0 Å². The third-order valence-electron chi connectivity index (χ3n) is 2.52. The van der Waals surface area contributed by atoms with Crippen molar-refractivity contribution in [2.75, 3.05) is 11.4 Å². The Hall–Kier alpha value is -1.69. The third-order valence-corrected chi connectivity index (χ3v) is 2.81. The predicted octanol–water partition coefficient (Wildman–Crippen LogP) is 0.827. The van der Waals surface area contributed by atoms with Crippen LogP contribution >= 0.6 is 11.6 Å². The first kappa shape index (κ1) is 11.8. The predicted molar refractivity (Wildman–Crippen MR) is 60.3 cm³/mol. The molecule has 0 aliphatic carbocycles. The van der Waals surface area contributed by atoms with E-state index in [-0.39, 0.29) is 29.2 Å². The number of nitrogens with zero attached hydrogens (tertiary/aromatic N) is 3. The first-order valence-corrected chi connectivity index (χ1v) is 5.44. The molecule has 0 aromatic carbocycles. The minimum Gasteiger partial charge on any atom is -0.478 e. The molecule has 1 aromatic rings. The van der Waals surface area contributed by atoms with Gasteiger partial charge in [0.25, 0.3) is 0 Å². The molecule has 1 atom stereocenters. The Bertz CT molecular complexity index is 492. The Labute approximate surface area is 102 Å². The Kier molecular flexibility index (Phi) is 2.97. The van der Waals surface area contributed by atoms with E-state index in [4.69, 9.17) is 16.7 Å². The number of anilines is 1. The molecule has 1 saturated heterocycles. The van der Waals surface area contributed by atoms with E-state index in [9.17, 15) is 9.59 Å². The van der Waals surface area contributed by atoms with Gasteiger partial charge in [-0.05, 0) is 6.92 Å². The molecule has 2 heterocycles. The van der Waals surface area contributed by atoms with Crippen LogP contribution in [0.4, 0.5) is 5.95 Å². The highest BCUT2D eigenvalue weighted by atomic mass is 35.5. The highest BCUT2D eigenvalue weighted by Gasteiger charge is 2.31. The molecule has 1 aliphatic heterocycles. The minimum atomic E-state index is -1.09. The Balaban J connectivity index is 2.32.